The van der Waals surface area contributed by atoms with Crippen LogP contribution >= 0.6 is 0 Å². The molecule has 0 spiro atoms. The van der Waals surface area contributed by atoms with Crippen molar-refractivity contribution < 1.29 is 9.84 Å². The Labute approximate surface area is 105 Å². The third-order valence-electron chi connectivity index (χ3n) is 5.24. The van der Waals surface area contributed by atoms with Crippen LogP contribution in [0.4, 0.5) is 0 Å². The van der Waals surface area contributed by atoms with Crippen LogP contribution in [0.2, 0.25) is 0 Å². The Bertz CT molecular complexity index is 321. The molecule has 1 fully saturated rings. The molecule has 98 valence electrons. The smallest absolute Gasteiger partial charge is 0.0666 e. The van der Waals surface area contributed by atoms with Crippen LogP contribution in [0.3, 0.4) is 0 Å². The maximum Gasteiger partial charge on any atom is 0.0666 e. The van der Waals surface area contributed by atoms with E-state index in [1.165, 1.54) is 5.57 Å². The van der Waals surface area contributed by atoms with Crippen molar-refractivity contribution in [2.75, 3.05) is 13.2 Å². The Morgan fingerprint density at radius 1 is 1.47 bits per heavy atom. The molecule has 5 atom stereocenters. The number of rotatable bonds is 2. The molecule has 0 radical (unpaired) electrons. The minimum absolute atomic E-state index is 0.0600. The highest BCUT2D eigenvalue weighted by molar-refractivity contribution is 5.21. The van der Waals surface area contributed by atoms with E-state index in [-0.39, 0.29) is 12.0 Å². The van der Waals surface area contributed by atoms with E-state index >= 15 is 0 Å². The van der Waals surface area contributed by atoms with Gasteiger partial charge in [0.2, 0.25) is 0 Å². The third-order valence-corrected chi connectivity index (χ3v) is 5.24. The number of aliphatic hydroxyl groups excluding tert-OH is 1. The second-order valence-electron chi connectivity index (χ2n) is 6.42. The van der Waals surface area contributed by atoms with Crippen LogP contribution in [0.25, 0.3) is 0 Å². The molecule has 0 aromatic rings. The monoisotopic (exact) mass is 238 g/mol. The van der Waals surface area contributed by atoms with Crippen molar-refractivity contribution in [1.82, 2.24) is 0 Å². The van der Waals surface area contributed by atoms with Crippen LogP contribution in [0, 0.1) is 29.1 Å². The molecule has 2 bridgehead atoms. The summed E-state index contributed by atoms with van der Waals surface area (Å²) in [4.78, 5) is 0. The predicted molar refractivity (Wildman–Crippen MR) is 69.7 cm³/mol. The topological polar surface area (TPSA) is 29.5 Å². The van der Waals surface area contributed by atoms with Crippen molar-refractivity contribution in [2.24, 2.45) is 29.1 Å². The van der Waals surface area contributed by atoms with Crippen LogP contribution in [0.1, 0.15) is 34.6 Å². The summed E-state index contributed by atoms with van der Waals surface area (Å²) < 4.78 is 6.11. The van der Waals surface area contributed by atoms with E-state index < -0.39 is 0 Å². The fraction of sp³-hybridized carbons (Fsp3) is 0.867. The summed E-state index contributed by atoms with van der Waals surface area (Å²) in [5, 5.41) is 9.84. The molecule has 17 heavy (non-hydrogen) atoms. The van der Waals surface area contributed by atoms with E-state index in [2.05, 4.69) is 40.7 Å². The van der Waals surface area contributed by atoms with Crippen molar-refractivity contribution in [1.29, 1.82) is 0 Å². The zero-order chi connectivity index (χ0) is 12.8. The number of hydrogen-bond donors (Lipinski definition) is 1. The molecular weight excluding hydrogens is 212 g/mol. The Kier molecular flexibility index (Phi) is 3.39. The third kappa shape index (κ3) is 1.77. The number of aliphatic hydroxyl groups is 1. The molecule has 1 heterocycles. The van der Waals surface area contributed by atoms with Gasteiger partial charge in [-0.15, -0.1) is 0 Å². The summed E-state index contributed by atoms with van der Waals surface area (Å²) in [5.41, 5.74) is 1.39. The SMILES string of the molecule is CC1=C[C@@H](C)[C@@]2(CO)CO[C@H](C(C)C)[C@@H]1[C@H]2C. The number of ether oxygens (including phenoxy) is 1. The van der Waals surface area contributed by atoms with Crippen LogP contribution in [-0.2, 0) is 4.74 Å². The predicted octanol–water partition coefficient (Wildman–Crippen LogP) is 2.87. The molecule has 1 aliphatic carbocycles. The fourth-order valence-electron chi connectivity index (χ4n) is 3.94. The normalized spacial score (nSPS) is 45.9. The average molecular weight is 238 g/mol. The van der Waals surface area contributed by atoms with Crippen LogP contribution in [-0.4, -0.2) is 24.4 Å². The fourth-order valence-corrected chi connectivity index (χ4v) is 3.94. The summed E-state index contributed by atoms with van der Waals surface area (Å²) in [6.07, 6.45) is 2.67. The van der Waals surface area contributed by atoms with Gasteiger partial charge in [0.25, 0.3) is 0 Å². The first kappa shape index (κ1) is 13.1. The standard InChI is InChI=1S/C15H26O2/c1-9(2)14-13-10(3)6-11(4)15(7-16,8-17-14)12(13)5/h6,9,11-14,16H,7-8H2,1-5H3/t11-,12-,13+,14-,15-/m1/s1. The van der Waals surface area contributed by atoms with E-state index in [4.69, 9.17) is 4.74 Å². The molecule has 2 heteroatoms. The highest BCUT2D eigenvalue weighted by Gasteiger charge is 2.53. The maximum absolute atomic E-state index is 9.84. The van der Waals surface area contributed by atoms with Crippen molar-refractivity contribution in [3.8, 4) is 0 Å². The molecule has 0 saturated carbocycles. The lowest BCUT2D eigenvalue weighted by Crippen LogP contribution is -2.57. The van der Waals surface area contributed by atoms with Gasteiger partial charge < -0.3 is 9.84 Å². The molecule has 0 unspecified atom stereocenters. The first-order valence-electron chi connectivity index (χ1n) is 6.85. The first-order chi connectivity index (χ1) is 7.94. The molecule has 1 N–H and O–H groups in total. The minimum Gasteiger partial charge on any atom is -0.396 e. The molecule has 2 aliphatic rings. The van der Waals surface area contributed by atoms with Gasteiger partial charge in [-0.1, -0.05) is 39.3 Å². The van der Waals surface area contributed by atoms with E-state index in [1.807, 2.05) is 0 Å². The van der Waals surface area contributed by atoms with Gasteiger partial charge in [-0.05, 0) is 24.7 Å². The Morgan fingerprint density at radius 2 is 2.12 bits per heavy atom. The molecule has 2 rings (SSSR count). The Balaban J connectivity index is 2.41. The highest BCUT2D eigenvalue weighted by Crippen LogP contribution is 2.53. The Hall–Kier alpha value is -0.340. The summed E-state index contributed by atoms with van der Waals surface area (Å²) >= 11 is 0. The van der Waals surface area contributed by atoms with Crippen LogP contribution < -0.4 is 0 Å². The summed E-state index contributed by atoms with van der Waals surface area (Å²) in [5.74, 6) is 1.93. The van der Waals surface area contributed by atoms with Gasteiger partial charge in [0.1, 0.15) is 0 Å². The van der Waals surface area contributed by atoms with E-state index in [0.717, 1.165) is 0 Å². The second kappa shape index (κ2) is 4.40. The quantitative estimate of drug-likeness (QED) is 0.750. The molecule has 0 aromatic carbocycles. The van der Waals surface area contributed by atoms with Gasteiger partial charge in [0, 0.05) is 11.3 Å². The van der Waals surface area contributed by atoms with Crippen LogP contribution in [0.5, 0.6) is 0 Å². The molecular formula is C15H26O2. The molecule has 1 saturated heterocycles. The van der Waals surface area contributed by atoms with Crippen molar-refractivity contribution in [3.63, 3.8) is 0 Å². The van der Waals surface area contributed by atoms with Gasteiger partial charge in [-0.25, -0.2) is 0 Å². The van der Waals surface area contributed by atoms with Gasteiger partial charge in [0.15, 0.2) is 0 Å². The van der Waals surface area contributed by atoms with Gasteiger partial charge >= 0.3 is 0 Å². The van der Waals surface area contributed by atoms with E-state index in [1.54, 1.807) is 0 Å². The molecule has 0 aromatic heterocycles. The minimum atomic E-state index is -0.0600. The average Bonchev–Trinajstić information content (AvgIpc) is 2.26. The summed E-state index contributed by atoms with van der Waals surface area (Å²) in [7, 11) is 0. The van der Waals surface area contributed by atoms with Gasteiger partial charge in [-0.2, -0.15) is 0 Å². The van der Waals surface area contributed by atoms with Gasteiger partial charge in [-0.3, -0.25) is 0 Å². The molecule has 1 aliphatic heterocycles. The lowest BCUT2D eigenvalue weighted by Gasteiger charge is -2.55. The van der Waals surface area contributed by atoms with Crippen LogP contribution in [0.15, 0.2) is 11.6 Å². The van der Waals surface area contributed by atoms with Crippen molar-refractivity contribution in [3.05, 3.63) is 11.6 Å². The first-order valence-corrected chi connectivity index (χ1v) is 6.85. The van der Waals surface area contributed by atoms with Gasteiger partial charge in [0.05, 0.1) is 19.3 Å². The highest BCUT2D eigenvalue weighted by atomic mass is 16.5. The number of fused-ring (bicyclic) bond motifs is 2. The lowest BCUT2D eigenvalue weighted by atomic mass is 9.55. The lowest BCUT2D eigenvalue weighted by molar-refractivity contribution is -0.174. The summed E-state index contributed by atoms with van der Waals surface area (Å²) in [6, 6.07) is 0. The van der Waals surface area contributed by atoms with E-state index in [0.29, 0.717) is 36.4 Å². The summed E-state index contributed by atoms with van der Waals surface area (Å²) in [6.45, 7) is 12.1. The largest absolute Gasteiger partial charge is 0.396 e. The maximum atomic E-state index is 9.84. The van der Waals surface area contributed by atoms with Crippen molar-refractivity contribution in [2.45, 2.75) is 40.7 Å². The zero-order valence-electron chi connectivity index (χ0n) is 11.7. The second-order valence-corrected chi connectivity index (χ2v) is 6.42. The Morgan fingerprint density at radius 3 is 2.65 bits per heavy atom. The van der Waals surface area contributed by atoms with E-state index in [9.17, 15) is 5.11 Å². The van der Waals surface area contributed by atoms with Crippen molar-refractivity contribution >= 4 is 0 Å². The number of allylic oxidation sites excluding steroid dienone is 1. The molecule has 0 amide bonds. The molecule has 2 nitrogen and oxygen atoms in total. The number of hydrogen-bond acceptors (Lipinski definition) is 2. The zero-order valence-corrected chi connectivity index (χ0v) is 11.7.